The largest absolute Gasteiger partial charge is 0.406 e. The van der Waals surface area contributed by atoms with E-state index in [9.17, 15) is 25.9 Å². The number of hydrogen-bond donors (Lipinski definition) is 2. The maximum absolute atomic E-state index is 13.0. The van der Waals surface area contributed by atoms with E-state index >= 15 is 0 Å². The third kappa shape index (κ3) is 5.99. The molecule has 0 radical (unpaired) electrons. The topological polar surface area (TPSA) is 135 Å². The minimum absolute atomic E-state index is 0.218. The molecule has 3 heterocycles. The first-order valence-corrected chi connectivity index (χ1v) is 18.6. The first kappa shape index (κ1) is 31.3. The molecule has 5 aromatic rings. The molecule has 2 atom stereocenters. The highest BCUT2D eigenvalue weighted by atomic mass is 32.2. The average molecular weight is 675 g/mol. The number of hydrogen-bond acceptors (Lipinski definition) is 6. The molecule has 0 aliphatic carbocycles. The van der Waals surface area contributed by atoms with Crippen LogP contribution in [0.5, 0.6) is 5.75 Å². The van der Waals surface area contributed by atoms with Gasteiger partial charge < -0.3 is 9.15 Å². The van der Waals surface area contributed by atoms with E-state index in [1.807, 2.05) is 102 Å². The van der Waals surface area contributed by atoms with Crippen LogP contribution in [0.2, 0.25) is 0 Å². The van der Waals surface area contributed by atoms with Crippen LogP contribution in [0.1, 0.15) is 31.6 Å². The molecule has 2 N–H and O–H groups in total. The molecule has 10 nitrogen and oxygen atoms in total. The third-order valence-electron chi connectivity index (χ3n) is 9.02. The van der Waals surface area contributed by atoms with Crippen LogP contribution in [0.3, 0.4) is 0 Å². The van der Waals surface area contributed by atoms with Gasteiger partial charge in [0.2, 0.25) is 11.0 Å². The Morgan fingerprint density at radius 3 is 2.13 bits per heavy atom. The molecule has 4 aromatic carbocycles. The summed E-state index contributed by atoms with van der Waals surface area (Å²) in [4.78, 5) is 0. The van der Waals surface area contributed by atoms with Gasteiger partial charge >= 0.3 is 21.9 Å². The Morgan fingerprint density at radius 1 is 0.809 bits per heavy atom. The Morgan fingerprint density at radius 2 is 1.47 bits per heavy atom. The molecule has 0 bridgehead atoms. The summed E-state index contributed by atoms with van der Waals surface area (Å²) < 4.78 is 83.1. The summed E-state index contributed by atoms with van der Waals surface area (Å²) in [6.07, 6.45) is 3.11. The molecule has 1 fully saturated rings. The van der Waals surface area contributed by atoms with Gasteiger partial charge in [0, 0.05) is 31.4 Å². The molecule has 7 rings (SSSR count). The molecule has 1 saturated heterocycles. The number of aromatic nitrogens is 1. The monoisotopic (exact) mass is 674 g/mol. The number of benzene rings is 4. The second-order valence-corrected chi connectivity index (χ2v) is 15.1. The number of quaternary nitrogens is 1. The number of nitrogens with zero attached hydrogens (tertiary/aromatic N) is 2. The predicted octanol–water partition coefficient (Wildman–Crippen LogP) is 6.43. The van der Waals surface area contributed by atoms with Crippen LogP contribution >= 0.6 is 0 Å². The number of oxazole rings is 1. The van der Waals surface area contributed by atoms with E-state index < -0.39 is 25.6 Å². The molecule has 2 aliphatic heterocycles. The molecular weight excluding hydrogens is 641 g/mol. The Hall–Kier alpha value is -4.33. The number of fused-ring (bicyclic) bond motifs is 3. The van der Waals surface area contributed by atoms with Gasteiger partial charge in [-0.15, -0.1) is 0 Å². The van der Waals surface area contributed by atoms with Gasteiger partial charge in [-0.05, 0) is 40.8 Å². The van der Waals surface area contributed by atoms with Crippen LogP contribution in [0.15, 0.2) is 107 Å². The van der Waals surface area contributed by atoms with Crippen LogP contribution in [0, 0.1) is 0 Å². The van der Waals surface area contributed by atoms with Gasteiger partial charge in [-0.3, -0.25) is 9.11 Å². The Labute approximate surface area is 273 Å². The summed E-state index contributed by atoms with van der Waals surface area (Å²) in [6, 6.07) is 31.1. The molecule has 242 valence electrons. The molecule has 2 unspecified atom stereocenters. The summed E-state index contributed by atoms with van der Waals surface area (Å²) >= 11 is 0. The van der Waals surface area contributed by atoms with E-state index in [1.165, 1.54) is 0 Å². The van der Waals surface area contributed by atoms with Crippen molar-refractivity contribution in [1.29, 1.82) is 0 Å². The van der Waals surface area contributed by atoms with Gasteiger partial charge in [0.25, 0.3) is 15.6 Å². The van der Waals surface area contributed by atoms with Crippen molar-refractivity contribution in [1.82, 2.24) is 4.48 Å². The zero-order valence-corrected chi connectivity index (χ0v) is 27.0. The number of unbranched alkanes of at least 4 members (excludes halogenated alkanes) is 1. The number of ether oxygens (including phenoxy) is 1. The summed E-state index contributed by atoms with van der Waals surface area (Å²) in [5.74, 6) is 0.808. The van der Waals surface area contributed by atoms with Crippen molar-refractivity contribution < 1.29 is 39.7 Å². The number of aryl methyl sites for hydroxylation is 1. The van der Waals surface area contributed by atoms with Crippen molar-refractivity contribution in [2.45, 2.75) is 37.6 Å². The van der Waals surface area contributed by atoms with Crippen LogP contribution in [0.4, 0.5) is 5.69 Å². The van der Waals surface area contributed by atoms with Crippen LogP contribution < -0.4 is 13.8 Å². The van der Waals surface area contributed by atoms with Gasteiger partial charge in [0.1, 0.15) is 0 Å². The second-order valence-electron chi connectivity index (χ2n) is 12.0. The van der Waals surface area contributed by atoms with Crippen molar-refractivity contribution in [3.05, 3.63) is 109 Å². The van der Waals surface area contributed by atoms with Crippen molar-refractivity contribution >= 4 is 43.1 Å². The van der Waals surface area contributed by atoms with E-state index in [1.54, 1.807) is 6.08 Å². The van der Waals surface area contributed by atoms with Gasteiger partial charge in [0.15, 0.2) is 24.1 Å². The van der Waals surface area contributed by atoms with Gasteiger partial charge in [-0.2, -0.15) is 21.4 Å². The van der Waals surface area contributed by atoms with Crippen molar-refractivity contribution in [3.63, 3.8) is 0 Å². The maximum atomic E-state index is 13.0. The zero-order chi connectivity index (χ0) is 32.8. The standard InChI is InChI=1S/C35H32N2O8S2/c38-46(39,40)21-8-7-19-36-29-22-27(25-10-3-1-4-11-25)15-17-31(29)44-33(36)24-34-37(20-9-14-35(37)47(41,42)43)30-23-28(16-18-32(30)45-34)26-12-5-2-6-13-26/h1-6,10-13,15-18,22-24,35H,7-9,14,19-21H2/p+2. The van der Waals surface area contributed by atoms with E-state index in [2.05, 4.69) is 0 Å². The highest BCUT2D eigenvalue weighted by Gasteiger charge is 2.60. The first-order valence-electron chi connectivity index (χ1n) is 15.4. The lowest BCUT2D eigenvalue weighted by molar-refractivity contribution is -0.678. The molecule has 0 saturated carbocycles. The normalized spacial score (nSPS) is 20.2. The second kappa shape index (κ2) is 12.0. The summed E-state index contributed by atoms with van der Waals surface area (Å²) in [6.45, 7) is 0.737. The maximum Gasteiger partial charge on any atom is 0.383 e. The summed E-state index contributed by atoms with van der Waals surface area (Å²) in [5.41, 5.74) is 5.78. The third-order valence-corrected chi connectivity index (χ3v) is 11.1. The molecule has 2 aliphatic rings. The minimum Gasteiger partial charge on any atom is -0.406 e. The lowest BCUT2D eigenvalue weighted by atomic mass is 10.0. The Balaban J connectivity index is 1.38. The molecule has 47 heavy (non-hydrogen) atoms. The fourth-order valence-electron chi connectivity index (χ4n) is 6.88. The SMILES string of the molecule is O=S(=O)(O)CCCC[n+]1c(C=C2Oc3ccc(-c4ccccc4)cc3[N+]23CCCC3S(=O)(=O)O)oc2ccc(-c3ccccc3)cc21. The molecule has 12 heteroatoms. The fraction of sp³-hybridized carbons (Fsp3) is 0.229. The van der Waals surface area contributed by atoms with Crippen molar-refractivity contribution in [2.75, 3.05) is 12.3 Å². The molecular formula is C35H34N2O8S2+2. The molecule has 1 aromatic heterocycles. The smallest absolute Gasteiger partial charge is 0.383 e. The molecule has 0 amide bonds. The Bertz CT molecular complexity index is 2220. The predicted molar refractivity (Wildman–Crippen MR) is 179 cm³/mol. The highest BCUT2D eigenvalue weighted by Crippen LogP contribution is 2.53. The van der Waals surface area contributed by atoms with E-state index in [-0.39, 0.29) is 23.1 Å². The lowest BCUT2D eigenvalue weighted by Crippen LogP contribution is -2.54. The average Bonchev–Trinajstić information content (AvgIpc) is 3.74. The van der Waals surface area contributed by atoms with Gasteiger partial charge in [-0.25, -0.2) is 4.48 Å². The first-order chi connectivity index (χ1) is 22.5. The summed E-state index contributed by atoms with van der Waals surface area (Å²) in [7, 11) is -8.63. The van der Waals surface area contributed by atoms with Crippen LogP contribution in [-0.4, -0.2) is 43.6 Å². The van der Waals surface area contributed by atoms with Crippen molar-refractivity contribution in [3.8, 4) is 28.0 Å². The zero-order valence-electron chi connectivity index (χ0n) is 25.4. The number of rotatable bonds is 9. The van der Waals surface area contributed by atoms with Crippen LogP contribution in [0.25, 0.3) is 39.4 Å². The van der Waals surface area contributed by atoms with Crippen LogP contribution in [-0.2, 0) is 26.8 Å². The van der Waals surface area contributed by atoms with Gasteiger partial charge in [-0.1, -0.05) is 72.8 Å². The minimum atomic E-state index is -4.51. The van der Waals surface area contributed by atoms with Crippen molar-refractivity contribution in [2.24, 2.45) is 0 Å². The van der Waals surface area contributed by atoms with E-state index in [0.29, 0.717) is 54.7 Å². The van der Waals surface area contributed by atoms with E-state index in [0.717, 1.165) is 27.8 Å². The Kier molecular flexibility index (Phi) is 8.01. The van der Waals surface area contributed by atoms with Gasteiger partial charge in [0.05, 0.1) is 12.3 Å². The fourth-order valence-corrected chi connectivity index (χ4v) is 8.69. The lowest BCUT2D eigenvalue weighted by Gasteiger charge is -2.31. The molecule has 1 spiro atoms. The highest BCUT2D eigenvalue weighted by molar-refractivity contribution is 7.86. The summed E-state index contributed by atoms with van der Waals surface area (Å²) in [5, 5.41) is -1.18. The van der Waals surface area contributed by atoms with E-state index in [4.69, 9.17) is 9.15 Å². The quantitative estimate of drug-likeness (QED) is 0.0791.